The van der Waals surface area contributed by atoms with Crippen molar-refractivity contribution in [3.63, 3.8) is 0 Å². The van der Waals surface area contributed by atoms with Crippen molar-refractivity contribution in [1.29, 1.82) is 0 Å². The predicted octanol–water partition coefficient (Wildman–Crippen LogP) is 1.98. The Bertz CT molecular complexity index is 2290. The zero-order valence-corrected chi connectivity index (χ0v) is 26.8. The number of hydrogen-bond donors (Lipinski definition) is 11. The Balaban J connectivity index is 1.22. The Hall–Kier alpha value is -6.72. The van der Waals surface area contributed by atoms with Gasteiger partial charge in [0, 0.05) is 59.4 Å². The van der Waals surface area contributed by atoms with E-state index in [1.807, 2.05) is 0 Å². The Morgan fingerprint density at radius 2 is 1.28 bits per heavy atom. The van der Waals surface area contributed by atoms with E-state index in [2.05, 4.69) is 0 Å². The van der Waals surface area contributed by atoms with Crippen LogP contribution in [0.3, 0.4) is 0 Å². The molecule has 0 aromatic heterocycles. The van der Waals surface area contributed by atoms with Gasteiger partial charge in [0.1, 0.15) is 46.7 Å². The largest absolute Gasteiger partial charge is 0.508 e. The minimum absolute atomic E-state index is 0.0179. The number of hydrogen-bond acceptors (Lipinski definition) is 17. The minimum Gasteiger partial charge on any atom is -0.508 e. The minimum atomic E-state index is -2.70. The van der Waals surface area contributed by atoms with Crippen molar-refractivity contribution >= 4 is 11.8 Å². The highest BCUT2D eigenvalue weighted by molar-refractivity contribution is 6.03. The summed E-state index contributed by atoms with van der Waals surface area (Å²) >= 11 is 0. The maximum absolute atomic E-state index is 13.3. The molecule has 53 heavy (non-hydrogen) atoms. The number of benzene rings is 4. The fraction of sp³-hybridized carbons (Fsp3) is 0.222. The highest BCUT2D eigenvalue weighted by Gasteiger charge is 2.62. The molecule has 274 valence electrons. The first kappa shape index (κ1) is 33.4. The van der Waals surface area contributed by atoms with Crippen LogP contribution in [-0.4, -0.2) is 92.0 Å². The molecule has 17 heteroatoms. The Labute approximate surface area is 296 Å². The van der Waals surface area contributed by atoms with Gasteiger partial charge in [-0.2, -0.15) is 0 Å². The van der Waals surface area contributed by atoms with E-state index in [4.69, 9.17) is 18.9 Å². The molecule has 0 radical (unpaired) electrons. The van der Waals surface area contributed by atoms with Gasteiger partial charge >= 0.3 is 5.97 Å². The van der Waals surface area contributed by atoms with Crippen molar-refractivity contribution in [2.45, 2.75) is 49.0 Å². The molecule has 0 bridgehead atoms. The fourth-order valence-electron chi connectivity index (χ4n) is 7.32. The number of fused-ring (bicyclic) bond motifs is 5. The summed E-state index contributed by atoms with van der Waals surface area (Å²) in [5, 5.41) is 116. The van der Waals surface area contributed by atoms with E-state index in [0.29, 0.717) is 0 Å². The first-order chi connectivity index (χ1) is 25.0. The van der Waals surface area contributed by atoms with E-state index in [1.165, 1.54) is 12.1 Å². The van der Waals surface area contributed by atoms with Gasteiger partial charge in [-0.25, -0.2) is 4.79 Å². The normalized spacial score (nSPS) is 25.1. The van der Waals surface area contributed by atoms with Crippen LogP contribution < -0.4 is 14.2 Å². The quantitative estimate of drug-likeness (QED) is 0.106. The van der Waals surface area contributed by atoms with Crippen LogP contribution in [0.2, 0.25) is 0 Å². The molecule has 0 amide bonds. The molecule has 0 saturated carbocycles. The summed E-state index contributed by atoms with van der Waals surface area (Å²) in [5.41, 5.74) is -0.645. The maximum Gasteiger partial charge on any atom is 0.338 e. The van der Waals surface area contributed by atoms with E-state index in [0.717, 1.165) is 36.4 Å². The summed E-state index contributed by atoms with van der Waals surface area (Å²) in [7, 11) is 0. The van der Waals surface area contributed by atoms with Crippen LogP contribution in [0.4, 0.5) is 0 Å². The van der Waals surface area contributed by atoms with Crippen molar-refractivity contribution in [3.8, 4) is 69.0 Å². The number of carbonyl (C=O) groups excluding carboxylic acids is 2. The molecule has 6 atom stereocenters. The Kier molecular flexibility index (Phi) is 7.18. The second-order valence-corrected chi connectivity index (χ2v) is 13.1. The molecule has 17 nitrogen and oxygen atoms in total. The molecule has 3 aliphatic heterocycles. The molecule has 4 aromatic carbocycles. The Morgan fingerprint density at radius 3 is 1.91 bits per heavy atom. The van der Waals surface area contributed by atoms with Crippen molar-refractivity contribution in [2.24, 2.45) is 0 Å². The number of phenols is 9. The molecule has 8 rings (SSSR count). The number of rotatable bonds is 4. The van der Waals surface area contributed by atoms with Gasteiger partial charge in [-0.15, -0.1) is 0 Å². The van der Waals surface area contributed by atoms with E-state index in [9.17, 15) is 65.8 Å². The van der Waals surface area contributed by atoms with Crippen LogP contribution >= 0.6 is 0 Å². The molecule has 11 N–H and O–H groups in total. The molecule has 0 saturated heterocycles. The number of aliphatic hydroxyl groups excluding tert-OH is 1. The molecule has 0 spiro atoms. The average molecular weight is 733 g/mol. The highest BCUT2D eigenvalue weighted by atomic mass is 16.6. The first-order valence-corrected chi connectivity index (χ1v) is 15.9. The molecule has 4 aromatic rings. The van der Waals surface area contributed by atoms with Gasteiger partial charge in [0.05, 0.1) is 17.6 Å². The predicted molar refractivity (Wildman–Crippen MR) is 173 cm³/mol. The second-order valence-electron chi connectivity index (χ2n) is 13.1. The summed E-state index contributed by atoms with van der Waals surface area (Å²) in [6.07, 6.45) is -5.36. The van der Waals surface area contributed by atoms with E-state index in [-0.39, 0.29) is 63.7 Å². The number of carbonyl (C=O) groups is 2. The SMILES string of the molecule is O=C(O[C@@H]1Cc2c(O)cc(O)cc2O[C@@H]1c1cc2c(c(O)c1O)OC1(O)C(=O)C=C([C@H]3Oc4cc(O)cc(O)c4C[C@H]3O)C21)c1cc(O)c(O)c(O)c1. The van der Waals surface area contributed by atoms with Crippen molar-refractivity contribution in [1.82, 2.24) is 0 Å². The highest BCUT2D eigenvalue weighted by Crippen LogP contribution is 2.60. The zero-order valence-electron chi connectivity index (χ0n) is 26.8. The summed E-state index contributed by atoms with van der Waals surface area (Å²) < 4.78 is 23.3. The lowest BCUT2D eigenvalue weighted by Gasteiger charge is -2.35. The number of ketones is 1. The van der Waals surface area contributed by atoms with Gasteiger partial charge in [0.25, 0.3) is 5.79 Å². The monoisotopic (exact) mass is 732 g/mol. The van der Waals surface area contributed by atoms with Gasteiger partial charge in [0.2, 0.25) is 11.5 Å². The van der Waals surface area contributed by atoms with Crippen LogP contribution in [-0.2, 0) is 22.4 Å². The third kappa shape index (κ3) is 5.00. The lowest BCUT2D eigenvalue weighted by atomic mass is 9.82. The summed E-state index contributed by atoms with van der Waals surface area (Å²) in [6.45, 7) is 0. The van der Waals surface area contributed by atoms with Gasteiger partial charge in [-0.05, 0) is 29.8 Å². The molecule has 3 heterocycles. The number of ether oxygens (including phenoxy) is 4. The smallest absolute Gasteiger partial charge is 0.338 e. The summed E-state index contributed by atoms with van der Waals surface area (Å²) in [6, 6.07) is 7.19. The van der Waals surface area contributed by atoms with Gasteiger partial charge < -0.3 is 75.1 Å². The third-order valence-electron chi connectivity index (χ3n) is 9.78. The topological polar surface area (TPSA) is 294 Å². The Morgan fingerprint density at radius 1 is 0.698 bits per heavy atom. The van der Waals surface area contributed by atoms with Gasteiger partial charge in [-0.1, -0.05) is 0 Å². The number of aliphatic hydroxyl groups is 2. The zero-order chi connectivity index (χ0) is 37.8. The van der Waals surface area contributed by atoms with Crippen LogP contribution in [0, 0.1) is 0 Å². The molecule has 2 unspecified atom stereocenters. The molecular formula is C36H28O17. The number of phenolic OH excluding ortho intramolecular Hbond substituents is 9. The average Bonchev–Trinajstić information content (AvgIpc) is 3.53. The third-order valence-corrected chi connectivity index (χ3v) is 9.78. The molecule has 1 aliphatic carbocycles. The van der Waals surface area contributed by atoms with Gasteiger partial charge in [-0.3, -0.25) is 4.79 Å². The lowest BCUT2D eigenvalue weighted by molar-refractivity contribution is -0.163. The van der Waals surface area contributed by atoms with E-state index in [1.54, 1.807) is 0 Å². The summed E-state index contributed by atoms with van der Waals surface area (Å²) in [4.78, 5) is 26.7. The van der Waals surface area contributed by atoms with Crippen molar-refractivity contribution in [3.05, 3.63) is 81.9 Å². The van der Waals surface area contributed by atoms with E-state index >= 15 is 0 Å². The fourth-order valence-corrected chi connectivity index (χ4v) is 7.32. The lowest BCUT2D eigenvalue weighted by Crippen LogP contribution is -2.45. The molecular weight excluding hydrogens is 704 g/mol. The molecule has 0 fully saturated rings. The summed E-state index contributed by atoms with van der Waals surface area (Å²) in [5.74, 6) is -13.1. The second kappa shape index (κ2) is 11.4. The first-order valence-electron chi connectivity index (χ1n) is 15.9. The van der Waals surface area contributed by atoms with Crippen molar-refractivity contribution in [2.75, 3.05) is 0 Å². The maximum atomic E-state index is 13.3. The molecule has 4 aliphatic rings. The van der Waals surface area contributed by atoms with Crippen molar-refractivity contribution < 1.29 is 84.7 Å². The van der Waals surface area contributed by atoms with Crippen LogP contribution in [0.15, 0.2) is 54.1 Å². The van der Waals surface area contributed by atoms with Crippen LogP contribution in [0.5, 0.6) is 69.0 Å². The number of esters is 1. The van der Waals surface area contributed by atoms with Crippen LogP contribution in [0.25, 0.3) is 0 Å². The van der Waals surface area contributed by atoms with Gasteiger partial charge in [0.15, 0.2) is 34.9 Å². The van der Waals surface area contributed by atoms with Crippen LogP contribution in [0.1, 0.15) is 44.6 Å². The standard InChI is InChI=1S/C36H28O17/c37-12-3-19(39)14-8-23(43)32(50-24(14)5-12)17-10-27(44)36(49)28(17)16-7-18(29(45)31(47)34(16)53-36)33-26(9-15-20(40)4-13(38)6-25(15)51-33)52-35(48)11-1-21(41)30(46)22(42)2-11/h1-7,10,23,26,28,32-33,37-43,45-47,49H,8-9H2/t23-,26-,28?,32-,33-,36?/m1/s1. The number of aromatic hydroxyl groups is 9. The van der Waals surface area contributed by atoms with E-state index < -0.39 is 99.4 Å².